The maximum atomic E-state index is 12.7. The Bertz CT molecular complexity index is 676. The van der Waals surface area contributed by atoms with E-state index < -0.39 is 0 Å². The highest BCUT2D eigenvalue weighted by Gasteiger charge is 2.32. The molecule has 1 unspecified atom stereocenters. The molecule has 1 N–H and O–H groups in total. The van der Waals surface area contributed by atoms with Crippen LogP contribution in [0.15, 0.2) is 24.8 Å². The fourth-order valence-corrected chi connectivity index (χ4v) is 3.99. The fourth-order valence-electron chi connectivity index (χ4n) is 3.99. The lowest BCUT2D eigenvalue weighted by atomic mass is 10.0. The minimum Gasteiger partial charge on any atom is -0.343 e. The molecule has 2 aromatic rings. The van der Waals surface area contributed by atoms with Crippen LogP contribution in [0.1, 0.15) is 56.7 Å². The fraction of sp³-hybridized carbons (Fsp3) is 0.556. The van der Waals surface area contributed by atoms with Crippen LogP contribution in [0, 0.1) is 5.92 Å². The number of aromatic amines is 1. The molecule has 0 radical (unpaired) electrons. The number of nitrogens with zero attached hydrogens (tertiary/aromatic N) is 4. The largest absolute Gasteiger partial charge is 0.343 e. The van der Waals surface area contributed by atoms with Gasteiger partial charge in [0.1, 0.15) is 5.69 Å². The van der Waals surface area contributed by atoms with Gasteiger partial charge >= 0.3 is 0 Å². The molecule has 1 aliphatic heterocycles. The maximum absolute atomic E-state index is 12.7. The number of hydrogen-bond acceptors (Lipinski definition) is 4. The number of aromatic nitrogens is 4. The maximum Gasteiger partial charge on any atom is 0.223 e. The van der Waals surface area contributed by atoms with Gasteiger partial charge < -0.3 is 9.88 Å². The Morgan fingerprint density at radius 2 is 2.00 bits per heavy atom. The van der Waals surface area contributed by atoms with Crippen LogP contribution >= 0.6 is 0 Å². The van der Waals surface area contributed by atoms with Gasteiger partial charge in [-0.15, -0.1) is 0 Å². The van der Waals surface area contributed by atoms with E-state index in [2.05, 4.69) is 19.9 Å². The van der Waals surface area contributed by atoms with Gasteiger partial charge in [-0.05, 0) is 31.6 Å². The van der Waals surface area contributed by atoms with Crippen molar-refractivity contribution in [1.82, 2.24) is 24.8 Å². The van der Waals surface area contributed by atoms with E-state index in [1.807, 2.05) is 4.90 Å². The quantitative estimate of drug-likeness (QED) is 0.937. The minimum atomic E-state index is 0.0806. The van der Waals surface area contributed by atoms with E-state index in [0.717, 1.165) is 36.6 Å². The van der Waals surface area contributed by atoms with Gasteiger partial charge in [0.2, 0.25) is 5.91 Å². The van der Waals surface area contributed by atoms with E-state index in [1.165, 1.54) is 25.7 Å². The van der Waals surface area contributed by atoms with E-state index in [1.54, 1.807) is 24.8 Å². The molecule has 0 spiro atoms. The van der Waals surface area contributed by atoms with Crippen LogP contribution in [-0.2, 0) is 4.79 Å². The Balaban J connectivity index is 1.46. The average molecular weight is 325 g/mol. The second kappa shape index (κ2) is 6.71. The molecule has 6 heteroatoms. The third-order valence-electron chi connectivity index (χ3n) is 5.27. The molecule has 1 aliphatic carbocycles. The number of hydrogen-bond donors (Lipinski definition) is 1. The zero-order valence-electron chi connectivity index (χ0n) is 13.8. The lowest BCUT2D eigenvalue weighted by Gasteiger charge is -2.25. The Labute approximate surface area is 141 Å². The molecule has 2 aliphatic rings. The van der Waals surface area contributed by atoms with Crippen LogP contribution in [0.2, 0.25) is 0 Å². The summed E-state index contributed by atoms with van der Waals surface area (Å²) in [6.07, 6.45) is 14.7. The highest BCUT2D eigenvalue weighted by Crippen LogP contribution is 2.34. The Morgan fingerprint density at radius 1 is 1.12 bits per heavy atom. The predicted molar refractivity (Wildman–Crippen MR) is 89.9 cm³/mol. The Hall–Kier alpha value is -2.24. The molecule has 0 aromatic carbocycles. The van der Waals surface area contributed by atoms with Crippen molar-refractivity contribution in [2.24, 2.45) is 5.92 Å². The third kappa shape index (κ3) is 3.05. The minimum absolute atomic E-state index is 0.0806. The van der Waals surface area contributed by atoms with E-state index in [0.29, 0.717) is 18.2 Å². The molecule has 1 amide bonds. The first-order valence-corrected chi connectivity index (χ1v) is 8.92. The average Bonchev–Trinajstić information content (AvgIpc) is 3.36. The molecule has 3 heterocycles. The summed E-state index contributed by atoms with van der Waals surface area (Å²) in [5.41, 5.74) is 1.62. The molecule has 6 nitrogen and oxygen atoms in total. The molecule has 0 bridgehead atoms. The summed E-state index contributed by atoms with van der Waals surface area (Å²) < 4.78 is 0. The van der Waals surface area contributed by atoms with Crippen molar-refractivity contribution in [2.75, 3.05) is 6.54 Å². The molecule has 1 atom stereocenters. The van der Waals surface area contributed by atoms with Gasteiger partial charge in [0.05, 0.1) is 24.1 Å². The van der Waals surface area contributed by atoms with Crippen LogP contribution in [0.4, 0.5) is 0 Å². The summed E-state index contributed by atoms with van der Waals surface area (Å²) in [4.78, 5) is 31.0. The van der Waals surface area contributed by atoms with Crippen molar-refractivity contribution in [3.8, 4) is 11.5 Å². The predicted octanol–water partition coefficient (Wildman–Crippen LogP) is 3.11. The first-order chi connectivity index (χ1) is 11.8. The van der Waals surface area contributed by atoms with E-state index in [9.17, 15) is 4.79 Å². The molecule has 2 aromatic heterocycles. The molecule has 1 saturated carbocycles. The Morgan fingerprint density at radius 3 is 2.71 bits per heavy atom. The van der Waals surface area contributed by atoms with Gasteiger partial charge in [-0.3, -0.25) is 9.78 Å². The smallest absolute Gasteiger partial charge is 0.223 e. The number of amides is 1. The summed E-state index contributed by atoms with van der Waals surface area (Å²) in [5, 5.41) is 0. The van der Waals surface area contributed by atoms with Crippen LogP contribution in [-0.4, -0.2) is 37.3 Å². The normalized spacial score (nSPS) is 21.5. The molecule has 126 valence electrons. The van der Waals surface area contributed by atoms with Gasteiger partial charge in [-0.1, -0.05) is 12.8 Å². The molecule has 4 rings (SSSR count). The first-order valence-electron chi connectivity index (χ1n) is 8.92. The summed E-state index contributed by atoms with van der Waals surface area (Å²) in [7, 11) is 0. The van der Waals surface area contributed by atoms with Crippen LogP contribution < -0.4 is 0 Å². The third-order valence-corrected chi connectivity index (χ3v) is 5.27. The Kier molecular flexibility index (Phi) is 4.28. The van der Waals surface area contributed by atoms with Gasteiger partial charge in [-0.2, -0.15) is 0 Å². The highest BCUT2D eigenvalue weighted by atomic mass is 16.2. The summed E-state index contributed by atoms with van der Waals surface area (Å²) >= 11 is 0. The van der Waals surface area contributed by atoms with E-state index >= 15 is 0 Å². The van der Waals surface area contributed by atoms with Gasteiger partial charge in [0, 0.05) is 25.4 Å². The highest BCUT2D eigenvalue weighted by molar-refractivity contribution is 5.77. The second-order valence-electron chi connectivity index (χ2n) is 6.86. The van der Waals surface area contributed by atoms with Crippen molar-refractivity contribution in [3.05, 3.63) is 30.5 Å². The van der Waals surface area contributed by atoms with Crippen molar-refractivity contribution in [3.63, 3.8) is 0 Å². The first kappa shape index (κ1) is 15.3. The van der Waals surface area contributed by atoms with Crippen molar-refractivity contribution in [1.29, 1.82) is 0 Å². The monoisotopic (exact) mass is 325 g/mol. The summed E-state index contributed by atoms with van der Waals surface area (Å²) in [5.74, 6) is 1.60. The number of carbonyl (C=O) groups excluding carboxylic acids is 1. The van der Waals surface area contributed by atoms with Crippen molar-refractivity contribution >= 4 is 5.91 Å². The lowest BCUT2D eigenvalue weighted by molar-refractivity contribution is -0.133. The van der Waals surface area contributed by atoms with Gasteiger partial charge in [-0.25, -0.2) is 9.97 Å². The zero-order chi connectivity index (χ0) is 16.4. The van der Waals surface area contributed by atoms with Gasteiger partial charge in [0.15, 0.2) is 5.82 Å². The van der Waals surface area contributed by atoms with Crippen LogP contribution in [0.5, 0.6) is 0 Å². The second-order valence-corrected chi connectivity index (χ2v) is 6.86. The van der Waals surface area contributed by atoms with Gasteiger partial charge in [0.25, 0.3) is 0 Å². The standard InChI is InChI=1S/C18H23N5O/c24-17(10-13-4-1-2-5-13)23-9-3-6-16(23)14-11-22-15(12-21-14)18-19-7-8-20-18/h7-8,11-13,16H,1-6,9-10H2,(H,19,20). The SMILES string of the molecule is O=C(CC1CCCC1)N1CCCC1c1cnc(-c2ncc[nH]2)cn1. The molecule has 1 saturated heterocycles. The molecular weight excluding hydrogens is 302 g/mol. The number of H-pyrrole nitrogens is 1. The number of carbonyl (C=O) groups is 1. The number of nitrogens with one attached hydrogen (secondary N) is 1. The van der Waals surface area contributed by atoms with Crippen molar-refractivity contribution in [2.45, 2.75) is 51.0 Å². The number of imidazole rings is 1. The number of rotatable bonds is 4. The molecular formula is C18H23N5O. The van der Waals surface area contributed by atoms with Crippen LogP contribution in [0.25, 0.3) is 11.5 Å². The number of likely N-dealkylation sites (tertiary alicyclic amines) is 1. The molecule has 24 heavy (non-hydrogen) atoms. The van der Waals surface area contributed by atoms with E-state index in [-0.39, 0.29) is 6.04 Å². The molecule has 2 fully saturated rings. The lowest BCUT2D eigenvalue weighted by Crippen LogP contribution is -2.32. The summed E-state index contributed by atoms with van der Waals surface area (Å²) in [6.45, 7) is 0.845. The van der Waals surface area contributed by atoms with Crippen molar-refractivity contribution < 1.29 is 4.79 Å². The van der Waals surface area contributed by atoms with Crippen LogP contribution in [0.3, 0.4) is 0 Å². The topological polar surface area (TPSA) is 74.8 Å². The summed E-state index contributed by atoms with van der Waals surface area (Å²) in [6, 6.07) is 0.0806. The van der Waals surface area contributed by atoms with E-state index in [4.69, 9.17) is 0 Å². The zero-order valence-corrected chi connectivity index (χ0v) is 13.8.